The number of benzene rings is 1. The Morgan fingerprint density at radius 1 is 1.03 bits per heavy atom. The molecule has 154 valence electrons. The molecule has 0 saturated heterocycles. The highest BCUT2D eigenvalue weighted by Crippen LogP contribution is 2.09. The molecule has 0 bridgehead atoms. The van der Waals surface area contributed by atoms with Gasteiger partial charge in [0.1, 0.15) is 0 Å². The van der Waals surface area contributed by atoms with Crippen molar-refractivity contribution in [3.8, 4) is 0 Å². The van der Waals surface area contributed by atoms with Crippen molar-refractivity contribution in [1.82, 2.24) is 30.1 Å². The van der Waals surface area contributed by atoms with Crippen molar-refractivity contribution in [2.45, 2.75) is 32.9 Å². The summed E-state index contributed by atoms with van der Waals surface area (Å²) in [4.78, 5) is 6.86. The van der Waals surface area contributed by atoms with E-state index in [2.05, 4.69) is 74.9 Å². The Morgan fingerprint density at radius 3 is 2.52 bits per heavy atom. The molecule has 2 N–H and O–H groups in total. The van der Waals surface area contributed by atoms with E-state index in [1.165, 1.54) is 5.56 Å². The van der Waals surface area contributed by atoms with E-state index in [0.29, 0.717) is 12.6 Å². The maximum Gasteiger partial charge on any atom is 0.191 e. The molecule has 3 aromatic rings. The fourth-order valence-corrected chi connectivity index (χ4v) is 3.57. The lowest BCUT2D eigenvalue weighted by atomic mass is 10.0. The van der Waals surface area contributed by atoms with Crippen LogP contribution < -0.4 is 10.6 Å². The van der Waals surface area contributed by atoms with Crippen LogP contribution in [0.2, 0.25) is 0 Å². The summed E-state index contributed by atoms with van der Waals surface area (Å²) >= 11 is 0. The van der Waals surface area contributed by atoms with Gasteiger partial charge < -0.3 is 10.6 Å². The van der Waals surface area contributed by atoms with E-state index in [9.17, 15) is 0 Å². The summed E-state index contributed by atoms with van der Waals surface area (Å²) in [5.74, 6) is 1.62. The van der Waals surface area contributed by atoms with Gasteiger partial charge in [-0.05, 0) is 37.2 Å². The average Bonchev–Trinajstić information content (AvgIpc) is 3.18. The van der Waals surface area contributed by atoms with Crippen molar-refractivity contribution in [2.75, 3.05) is 26.7 Å². The topological polar surface area (TPSA) is 69.8 Å². The van der Waals surface area contributed by atoms with Crippen molar-refractivity contribution in [1.29, 1.82) is 0 Å². The van der Waals surface area contributed by atoms with Crippen LogP contribution in [0, 0.1) is 0 Å². The predicted molar refractivity (Wildman–Crippen MR) is 118 cm³/mol. The molecule has 7 heteroatoms. The summed E-state index contributed by atoms with van der Waals surface area (Å²) in [6, 6.07) is 16.9. The zero-order chi connectivity index (χ0) is 20.5. The van der Waals surface area contributed by atoms with Crippen LogP contribution in [0.5, 0.6) is 0 Å². The second-order valence-corrected chi connectivity index (χ2v) is 6.92. The number of pyridine rings is 1. The molecule has 2 heterocycles. The smallest absolute Gasteiger partial charge is 0.191 e. The highest BCUT2D eigenvalue weighted by Gasteiger charge is 2.17. The number of aromatic nitrogens is 3. The lowest BCUT2D eigenvalue weighted by Crippen LogP contribution is -2.48. The lowest BCUT2D eigenvalue weighted by Gasteiger charge is -2.30. The van der Waals surface area contributed by atoms with Crippen LogP contribution in [-0.2, 0) is 13.0 Å². The molecule has 3 rings (SSSR count). The van der Waals surface area contributed by atoms with Crippen LogP contribution in [-0.4, -0.2) is 58.2 Å². The molecule has 1 aromatic carbocycles. The molecule has 0 fully saturated rings. The van der Waals surface area contributed by atoms with Crippen LogP contribution in [0.15, 0.2) is 59.7 Å². The number of nitrogens with zero attached hydrogens (tertiary/aromatic N) is 5. The van der Waals surface area contributed by atoms with Gasteiger partial charge in [-0.1, -0.05) is 50.2 Å². The standard InChI is InChI=1S/C22H31N7/c1-4-28(5-2)19(15-18-11-7-6-8-12-18)16-24-22(23-3)25-17-21-27-26-20-13-9-10-14-29(20)21/h6-14,19H,4-5,15-17H2,1-3H3,(H2,23,24,25). The molecule has 0 saturated carbocycles. The van der Waals surface area contributed by atoms with E-state index in [1.54, 1.807) is 7.05 Å². The number of hydrogen-bond donors (Lipinski definition) is 2. The van der Waals surface area contributed by atoms with Crippen molar-refractivity contribution >= 4 is 11.6 Å². The van der Waals surface area contributed by atoms with Crippen LogP contribution in [0.3, 0.4) is 0 Å². The van der Waals surface area contributed by atoms with Gasteiger partial charge >= 0.3 is 0 Å². The average molecular weight is 394 g/mol. The summed E-state index contributed by atoms with van der Waals surface area (Å²) in [5, 5.41) is 15.3. The summed E-state index contributed by atoms with van der Waals surface area (Å²) in [6.07, 6.45) is 2.97. The maximum atomic E-state index is 4.38. The van der Waals surface area contributed by atoms with Gasteiger partial charge in [0, 0.05) is 25.8 Å². The van der Waals surface area contributed by atoms with Gasteiger partial charge in [-0.15, -0.1) is 10.2 Å². The molecule has 0 aliphatic heterocycles. The van der Waals surface area contributed by atoms with Crippen LogP contribution in [0.4, 0.5) is 0 Å². The van der Waals surface area contributed by atoms with Gasteiger partial charge in [-0.25, -0.2) is 0 Å². The van der Waals surface area contributed by atoms with Crippen molar-refractivity contribution in [3.05, 3.63) is 66.1 Å². The molecule has 0 radical (unpaired) electrons. The first kappa shape index (κ1) is 20.8. The first-order valence-corrected chi connectivity index (χ1v) is 10.3. The normalized spacial score (nSPS) is 13.0. The Hall–Kier alpha value is -2.93. The Morgan fingerprint density at radius 2 is 1.79 bits per heavy atom. The molecular formula is C22H31N7. The number of aliphatic imine (C=N–C) groups is 1. The van der Waals surface area contributed by atoms with E-state index < -0.39 is 0 Å². The molecule has 29 heavy (non-hydrogen) atoms. The number of fused-ring (bicyclic) bond motifs is 1. The first-order chi connectivity index (χ1) is 14.2. The van der Waals surface area contributed by atoms with Gasteiger partial charge in [-0.2, -0.15) is 0 Å². The molecule has 1 unspecified atom stereocenters. The minimum absolute atomic E-state index is 0.389. The minimum atomic E-state index is 0.389. The zero-order valence-corrected chi connectivity index (χ0v) is 17.5. The molecule has 2 aromatic heterocycles. The monoisotopic (exact) mass is 393 g/mol. The number of hydrogen-bond acceptors (Lipinski definition) is 4. The minimum Gasteiger partial charge on any atom is -0.355 e. The van der Waals surface area contributed by atoms with E-state index in [4.69, 9.17) is 0 Å². The Kier molecular flexibility index (Phi) is 7.58. The summed E-state index contributed by atoms with van der Waals surface area (Å²) < 4.78 is 1.98. The number of rotatable bonds is 9. The Bertz CT molecular complexity index is 900. The molecule has 0 aliphatic carbocycles. The molecule has 1 atom stereocenters. The quantitative estimate of drug-likeness (QED) is 0.431. The van der Waals surface area contributed by atoms with Crippen molar-refractivity contribution < 1.29 is 0 Å². The SMILES string of the molecule is CCN(CC)C(CNC(=NC)NCc1nnc2ccccn12)Cc1ccccc1. The van der Waals surface area contributed by atoms with Crippen LogP contribution in [0.25, 0.3) is 5.65 Å². The predicted octanol–water partition coefficient (Wildman–Crippen LogP) is 2.35. The first-order valence-electron chi connectivity index (χ1n) is 10.3. The molecule has 7 nitrogen and oxygen atoms in total. The van der Waals surface area contributed by atoms with Crippen molar-refractivity contribution in [3.63, 3.8) is 0 Å². The summed E-state index contributed by atoms with van der Waals surface area (Å²) in [7, 11) is 1.79. The van der Waals surface area contributed by atoms with Crippen molar-refractivity contribution in [2.24, 2.45) is 4.99 Å². The second kappa shape index (κ2) is 10.6. The molecular weight excluding hydrogens is 362 g/mol. The van der Waals surface area contributed by atoms with Crippen LogP contribution in [0.1, 0.15) is 25.2 Å². The van der Waals surface area contributed by atoms with E-state index in [-0.39, 0.29) is 0 Å². The lowest BCUT2D eigenvalue weighted by molar-refractivity contribution is 0.215. The molecule has 0 aliphatic rings. The van der Waals surface area contributed by atoms with E-state index >= 15 is 0 Å². The van der Waals surface area contributed by atoms with E-state index in [0.717, 1.165) is 43.5 Å². The highest BCUT2D eigenvalue weighted by atomic mass is 15.3. The number of likely N-dealkylation sites (N-methyl/N-ethyl adjacent to an activating group) is 1. The molecule has 0 spiro atoms. The van der Waals surface area contributed by atoms with E-state index in [1.807, 2.05) is 28.8 Å². The summed E-state index contributed by atoms with van der Waals surface area (Å²) in [5.41, 5.74) is 2.20. The van der Waals surface area contributed by atoms with Gasteiger partial charge in [0.25, 0.3) is 0 Å². The molecule has 0 amide bonds. The Labute approximate surface area is 172 Å². The van der Waals surface area contributed by atoms with Crippen LogP contribution >= 0.6 is 0 Å². The third-order valence-corrected chi connectivity index (χ3v) is 5.17. The van der Waals surface area contributed by atoms with Gasteiger partial charge in [0.05, 0.1) is 6.54 Å². The third-order valence-electron chi connectivity index (χ3n) is 5.17. The third kappa shape index (κ3) is 5.54. The second-order valence-electron chi connectivity index (χ2n) is 6.92. The van der Waals surface area contributed by atoms with Gasteiger partial charge in [-0.3, -0.25) is 14.3 Å². The Balaban J connectivity index is 1.60. The van der Waals surface area contributed by atoms with Gasteiger partial charge in [0.15, 0.2) is 17.4 Å². The summed E-state index contributed by atoms with van der Waals surface area (Å²) in [6.45, 7) is 7.84. The maximum absolute atomic E-state index is 4.38. The highest BCUT2D eigenvalue weighted by molar-refractivity contribution is 5.79. The zero-order valence-electron chi connectivity index (χ0n) is 17.5. The fraction of sp³-hybridized carbons (Fsp3) is 0.409. The number of guanidine groups is 1. The largest absolute Gasteiger partial charge is 0.355 e. The van der Waals surface area contributed by atoms with Gasteiger partial charge in [0.2, 0.25) is 0 Å². The fourth-order valence-electron chi connectivity index (χ4n) is 3.57. The number of nitrogens with one attached hydrogen (secondary N) is 2.